The van der Waals surface area contributed by atoms with E-state index in [-0.39, 0.29) is 18.0 Å². The maximum atomic E-state index is 13.3. The van der Waals surface area contributed by atoms with Gasteiger partial charge in [0.25, 0.3) is 5.91 Å². The largest absolute Gasteiger partial charge is 0.378 e. The van der Waals surface area contributed by atoms with Crippen LogP contribution in [0.3, 0.4) is 0 Å². The maximum absolute atomic E-state index is 13.3. The fourth-order valence-corrected chi connectivity index (χ4v) is 3.34. The van der Waals surface area contributed by atoms with Gasteiger partial charge in [0, 0.05) is 28.6 Å². The molecule has 0 unspecified atom stereocenters. The van der Waals surface area contributed by atoms with Crippen LogP contribution in [0.4, 0.5) is 8.78 Å². The molecule has 0 aliphatic heterocycles. The van der Waals surface area contributed by atoms with Crippen molar-refractivity contribution in [2.75, 3.05) is 0 Å². The van der Waals surface area contributed by atoms with Crippen LogP contribution in [0.15, 0.2) is 42.5 Å². The molecule has 1 saturated carbocycles. The van der Waals surface area contributed by atoms with Gasteiger partial charge in [-0.15, -0.1) is 0 Å². The average Bonchev–Trinajstić information content (AvgIpc) is 2.62. The first-order valence-electron chi connectivity index (χ1n) is 8.62. The Labute approximate surface area is 161 Å². The molecule has 140 valence electrons. The molecule has 0 saturated heterocycles. The molecule has 0 aromatic heterocycles. The molecule has 6 heteroatoms. The second-order valence-electron chi connectivity index (χ2n) is 6.69. The predicted octanol–water partition coefficient (Wildman–Crippen LogP) is 4.07. The van der Waals surface area contributed by atoms with Crippen LogP contribution in [0, 0.1) is 23.5 Å². The topological polar surface area (TPSA) is 49.3 Å². The third-order valence-corrected chi connectivity index (χ3v) is 4.74. The van der Waals surface area contributed by atoms with Crippen molar-refractivity contribution >= 4 is 17.5 Å². The van der Waals surface area contributed by atoms with Crippen LogP contribution in [0.2, 0.25) is 5.02 Å². The normalized spacial score (nSPS) is 21.9. The molecule has 0 heterocycles. The van der Waals surface area contributed by atoms with Crippen molar-refractivity contribution in [2.45, 2.75) is 37.3 Å². The van der Waals surface area contributed by atoms with Crippen LogP contribution < -0.4 is 5.32 Å². The number of aliphatic hydroxyl groups is 1. The molecule has 3 nitrogen and oxygen atoms in total. The zero-order valence-corrected chi connectivity index (χ0v) is 15.2. The first-order chi connectivity index (χ1) is 12.8. The van der Waals surface area contributed by atoms with E-state index >= 15 is 0 Å². The zero-order chi connectivity index (χ0) is 19.4. The highest BCUT2D eigenvalue weighted by molar-refractivity contribution is 6.30. The van der Waals surface area contributed by atoms with Gasteiger partial charge < -0.3 is 10.4 Å². The highest BCUT2D eigenvalue weighted by Gasteiger charge is 2.33. The summed E-state index contributed by atoms with van der Waals surface area (Å²) in [5.41, 5.74) is -0.496. The van der Waals surface area contributed by atoms with Crippen molar-refractivity contribution in [2.24, 2.45) is 0 Å². The molecule has 2 aromatic rings. The van der Waals surface area contributed by atoms with Crippen molar-refractivity contribution < 1.29 is 18.7 Å². The fraction of sp³-hybridized carbons (Fsp3) is 0.286. The van der Waals surface area contributed by atoms with E-state index in [4.69, 9.17) is 11.6 Å². The Balaban J connectivity index is 1.68. The Bertz CT molecular complexity index is 922. The van der Waals surface area contributed by atoms with Gasteiger partial charge in [-0.3, -0.25) is 4.79 Å². The number of nitrogens with one attached hydrogen (secondary N) is 1. The molecule has 0 spiro atoms. The fourth-order valence-electron chi connectivity index (χ4n) is 3.15. The van der Waals surface area contributed by atoms with E-state index in [1.165, 1.54) is 6.07 Å². The quantitative estimate of drug-likeness (QED) is 0.760. The number of halogens is 3. The Hall–Kier alpha value is -2.42. The first kappa shape index (κ1) is 19.3. The van der Waals surface area contributed by atoms with Crippen molar-refractivity contribution in [3.63, 3.8) is 0 Å². The van der Waals surface area contributed by atoms with Gasteiger partial charge in [0.05, 0.1) is 0 Å². The number of carbonyl (C=O) groups is 1. The molecule has 0 radical (unpaired) electrons. The minimum absolute atomic E-state index is 0.0352. The maximum Gasteiger partial charge on any atom is 0.251 e. The number of hydrogen-bond acceptors (Lipinski definition) is 2. The first-order valence-corrected chi connectivity index (χ1v) is 8.99. The highest BCUT2D eigenvalue weighted by Crippen LogP contribution is 2.28. The van der Waals surface area contributed by atoms with E-state index < -0.39 is 23.1 Å². The summed E-state index contributed by atoms with van der Waals surface area (Å²) in [4.78, 5) is 12.3. The molecule has 1 aliphatic carbocycles. The summed E-state index contributed by atoms with van der Waals surface area (Å²) in [6.45, 7) is 0. The summed E-state index contributed by atoms with van der Waals surface area (Å²) in [6, 6.07) is 9.72. The van der Waals surface area contributed by atoms with Gasteiger partial charge in [-0.1, -0.05) is 29.5 Å². The smallest absolute Gasteiger partial charge is 0.251 e. The van der Waals surface area contributed by atoms with Gasteiger partial charge >= 0.3 is 0 Å². The molecule has 27 heavy (non-hydrogen) atoms. The van der Waals surface area contributed by atoms with Gasteiger partial charge in [-0.2, -0.15) is 0 Å². The molecule has 3 rings (SSSR count). The van der Waals surface area contributed by atoms with Crippen molar-refractivity contribution in [3.8, 4) is 11.8 Å². The Morgan fingerprint density at radius 2 is 2.04 bits per heavy atom. The second kappa shape index (κ2) is 8.08. The standard InChI is InChI=1S/C21H18ClF2NO2/c22-16-4-1-3-14(11-16)8-10-21(27)9-2-5-17(13-21)25-20(26)15-6-7-18(23)19(24)12-15/h1,3-4,6-7,11-12,17,27H,2,5,9,13H2,(H,25,26)/t17-,21+/m0/s1. The molecule has 2 atom stereocenters. The van der Waals surface area contributed by atoms with Gasteiger partial charge in [-0.05, 0) is 55.7 Å². The van der Waals surface area contributed by atoms with Crippen LogP contribution in [-0.4, -0.2) is 22.7 Å². The molecule has 2 aromatic carbocycles. The van der Waals surface area contributed by atoms with Crippen LogP contribution in [0.25, 0.3) is 0 Å². The third kappa shape index (κ3) is 5.06. The lowest BCUT2D eigenvalue weighted by molar-refractivity contribution is 0.0452. The zero-order valence-electron chi connectivity index (χ0n) is 14.4. The summed E-state index contributed by atoms with van der Waals surface area (Å²) < 4.78 is 26.3. The van der Waals surface area contributed by atoms with E-state index in [0.717, 1.165) is 12.1 Å². The van der Waals surface area contributed by atoms with E-state index in [1.54, 1.807) is 24.3 Å². The number of carbonyl (C=O) groups excluding carboxylic acids is 1. The molecular formula is C21H18ClF2NO2. The van der Waals surface area contributed by atoms with E-state index in [2.05, 4.69) is 17.2 Å². The van der Waals surface area contributed by atoms with Crippen LogP contribution >= 0.6 is 11.6 Å². The van der Waals surface area contributed by atoms with Gasteiger partial charge in [0.2, 0.25) is 0 Å². The molecular weight excluding hydrogens is 372 g/mol. The summed E-state index contributed by atoms with van der Waals surface area (Å²) in [5.74, 6) is 3.23. The summed E-state index contributed by atoms with van der Waals surface area (Å²) in [5, 5.41) is 14.1. The molecule has 1 aliphatic rings. The number of amides is 1. The Morgan fingerprint density at radius 1 is 1.22 bits per heavy atom. The average molecular weight is 390 g/mol. The summed E-state index contributed by atoms with van der Waals surface area (Å²) in [6.07, 6.45) is 2.12. The minimum Gasteiger partial charge on any atom is -0.378 e. The molecule has 0 bridgehead atoms. The highest BCUT2D eigenvalue weighted by atomic mass is 35.5. The van der Waals surface area contributed by atoms with E-state index in [9.17, 15) is 18.7 Å². The van der Waals surface area contributed by atoms with E-state index in [0.29, 0.717) is 29.8 Å². The molecule has 1 fully saturated rings. The van der Waals surface area contributed by atoms with Crippen LogP contribution in [0.1, 0.15) is 41.6 Å². The van der Waals surface area contributed by atoms with Crippen LogP contribution in [-0.2, 0) is 0 Å². The monoisotopic (exact) mass is 389 g/mol. The lowest BCUT2D eigenvalue weighted by Crippen LogP contribution is -2.45. The SMILES string of the molecule is O=C(N[C@H]1CCC[C@@](O)(C#Cc2cccc(Cl)c2)C1)c1ccc(F)c(F)c1. The second-order valence-corrected chi connectivity index (χ2v) is 7.12. The number of rotatable bonds is 2. The summed E-state index contributed by atoms with van der Waals surface area (Å²) in [7, 11) is 0. The van der Waals surface area contributed by atoms with Crippen molar-refractivity contribution in [1.82, 2.24) is 5.32 Å². The lowest BCUT2D eigenvalue weighted by Gasteiger charge is -2.33. The number of hydrogen-bond donors (Lipinski definition) is 2. The Kier molecular flexibility index (Phi) is 5.79. The lowest BCUT2D eigenvalue weighted by atomic mass is 9.82. The minimum atomic E-state index is -1.23. The molecule has 1 amide bonds. The van der Waals surface area contributed by atoms with Gasteiger partial charge in [0.1, 0.15) is 5.60 Å². The van der Waals surface area contributed by atoms with Gasteiger partial charge in [0.15, 0.2) is 11.6 Å². The van der Waals surface area contributed by atoms with Gasteiger partial charge in [-0.25, -0.2) is 8.78 Å². The molecule has 2 N–H and O–H groups in total. The predicted molar refractivity (Wildman–Crippen MR) is 99.4 cm³/mol. The van der Waals surface area contributed by atoms with Crippen molar-refractivity contribution in [3.05, 3.63) is 70.2 Å². The van der Waals surface area contributed by atoms with Crippen molar-refractivity contribution in [1.29, 1.82) is 0 Å². The van der Waals surface area contributed by atoms with Crippen LogP contribution in [0.5, 0.6) is 0 Å². The third-order valence-electron chi connectivity index (χ3n) is 4.51. The van der Waals surface area contributed by atoms with E-state index in [1.807, 2.05) is 0 Å². The summed E-state index contributed by atoms with van der Waals surface area (Å²) >= 11 is 5.93. The Morgan fingerprint density at radius 3 is 2.78 bits per heavy atom. The number of benzene rings is 2.